The molecule has 2 heterocycles. The molecule has 0 aliphatic heterocycles. The van der Waals surface area contributed by atoms with Crippen LogP contribution in [-0.4, -0.2) is 0 Å². The second kappa shape index (κ2) is 7.47. The molecule has 33 heavy (non-hydrogen) atoms. The smallest absolute Gasteiger partial charge is 0.344 e. The highest BCUT2D eigenvalue weighted by Crippen LogP contribution is 2.35. The predicted octanol–water partition coefficient (Wildman–Crippen LogP) is 7.04. The molecule has 0 radical (unpaired) electrons. The normalized spacial score (nSPS) is 11.4. The first-order valence-corrected chi connectivity index (χ1v) is 10.7. The summed E-state index contributed by atoms with van der Waals surface area (Å²) < 4.78 is 11.0. The predicted molar refractivity (Wildman–Crippen MR) is 132 cm³/mol. The van der Waals surface area contributed by atoms with Crippen LogP contribution in [0.1, 0.15) is 0 Å². The van der Waals surface area contributed by atoms with Gasteiger partial charge in [-0.2, -0.15) is 0 Å². The first-order chi connectivity index (χ1) is 16.1. The van der Waals surface area contributed by atoms with E-state index in [1.165, 1.54) is 6.07 Å². The van der Waals surface area contributed by atoms with E-state index in [4.69, 9.17) is 20.4 Å². The van der Waals surface area contributed by atoms with Gasteiger partial charge in [0.15, 0.2) is 0 Å². The Morgan fingerprint density at radius 2 is 1.39 bits per heavy atom. The number of benzene rings is 4. The van der Waals surface area contributed by atoms with Gasteiger partial charge in [0.2, 0.25) is 0 Å². The van der Waals surface area contributed by atoms with Gasteiger partial charge < -0.3 is 8.83 Å². The van der Waals surface area contributed by atoms with Crippen LogP contribution in [0.4, 0.5) is 0 Å². The monoisotopic (exact) mass is 450 g/mol. The van der Waals surface area contributed by atoms with Gasteiger partial charge in [-0.3, -0.25) is 0 Å². The fourth-order valence-electron chi connectivity index (χ4n) is 4.31. The molecule has 0 bridgehead atoms. The Morgan fingerprint density at radius 1 is 0.576 bits per heavy atom. The number of hydrogen-bond donors (Lipinski definition) is 0. The molecule has 0 spiro atoms. The van der Waals surface area contributed by atoms with Crippen LogP contribution in [0.3, 0.4) is 0 Å². The first-order valence-electron chi connectivity index (χ1n) is 10.4. The van der Waals surface area contributed by atoms with Crippen molar-refractivity contribution >= 4 is 44.3 Å². The van der Waals surface area contributed by atoms with Crippen molar-refractivity contribution in [1.82, 2.24) is 0 Å². The zero-order valence-corrected chi connectivity index (χ0v) is 17.9. The van der Waals surface area contributed by atoms with Crippen LogP contribution >= 0.6 is 11.6 Å². The Bertz CT molecular complexity index is 1820. The number of hydrogen-bond acceptors (Lipinski definition) is 4. The van der Waals surface area contributed by atoms with Crippen LogP contribution in [0.5, 0.6) is 0 Å². The molecule has 0 aliphatic rings. The molecule has 0 saturated carbocycles. The molecule has 0 aliphatic carbocycles. The lowest BCUT2D eigenvalue weighted by Gasteiger charge is -2.11. The average Bonchev–Trinajstić information content (AvgIpc) is 2.83. The molecule has 4 nitrogen and oxygen atoms in total. The molecule has 0 atom stereocenters. The van der Waals surface area contributed by atoms with Crippen LogP contribution in [0.25, 0.3) is 55.0 Å². The summed E-state index contributed by atoms with van der Waals surface area (Å²) in [4.78, 5) is 25.1. The Balaban J connectivity index is 1.64. The second-order valence-electron chi connectivity index (χ2n) is 7.85. The zero-order chi connectivity index (χ0) is 22.5. The first kappa shape index (κ1) is 19.5. The Morgan fingerprint density at radius 3 is 2.30 bits per heavy atom. The standard InChI is InChI=1S/C28H15ClO4/c29-19-9-11-25-18(12-19)14-22(28(31)33-25)17-8-10-26-24(13-17)23(15-27(30)32-26)21-7-3-5-16-4-1-2-6-20(16)21/h1-15H. The third-order valence-electron chi connectivity index (χ3n) is 5.83. The minimum Gasteiger partial charge on any atom is -0.423 e. The molecule has 0 amide bonds. The summed E-state index contributed by atoms with van der Waals surface area (Å²) in [7, 11) is 0. The van der Waals surface area contributed by atoms with Crippen LogP contribution in [0.15, 0.2) is 109 Å². The lowest BCUT2D eigenvalue weighted by atomic mass is 9.94. The molecular weight excluding hydrogens is 436 g/mol. The van der Waals surface area contributed by atoms with Crippen molar-refractivity contribution < 1.29 is 8.83 Å². The number of rotatable bonds is 2. The lowest BCUT2D eigenvalue weighted by Crippen LogP contribution is -2.03. The summed E-state index contributed by atoms with van der Waals surface area (Å²) >= 11 is 6.12. The molecule has 6 rings (SSSR count). The van der Waals surface area contributed by atoms with E-state index in [0.29, 0.717) is 27.3 Å². The van der Waals surface area contributed by atoms with Crippen LogP contribution in [-0.2, 0) is 0 Å². The molecule has 4 aromatic carbocycles. The highest BCUT2D eigenvalue weighted by atomic mass is 35.5. The van der Waals surface area contributed by atoms with Crippen molar-refractivity contribution in [3.8, 4) is 22.3 Å². The summed E-state index contributed by atoms with van der Waals surface area (Å²) in [6.45, 7) is 0. The van der Waals surface area contributed by atoms with Gasteiger partial charge in [0, 0.05) is 27.4 Å². The molecule has 0 unspecified atom stereocenters. The lowest BCUT2D eigenvalue weighted by molar-refractivity contribution is 0.561. The summed E-state index contributed by atoms with van der Waals surface area (Å²) in [6, 6.07) is 27.7. The van der Waals surface area contributed by atoms with Crippen molar-refractivity contribution in [3.05, 3.63) is 117 Å². The van der Waals surface area contributed by atoms with Crippen molar-refractivity contribution in [2.45, 2.75) is 0 Å². The maximum atomic E-state index is 12.8. The molecule has 0 N–H and O–H groups in total. The molecule has 6 aromatic rings. The van der Waals surface area contributed by atoms with Gasteiger partial charge in [-0.1, -0.05) is 60.1 Å². The summed E-state index contributed by atoms with van der Waals surface area (Å²) in [5.41, 5.74) is 2.76. The number of halogens is 1. The van der Waals surface area contributed by atoms with E-state index >= 15 is 0 Å². The van der Waals surface area contributed by atoms with Crippen LogP contribution in [0.2, 0.25) is 5.02 Å². The SMILES string of the molecule is O=c1cc(-c2cccc3ccccc23)c2cc(-c3cc4cc(Cl)ccc4oc3=O)ccc2o1. The molecular formula is C28H15ClO4. The van der Waals surface area contributed by atoms with E-state index in [9.17, 15) is 9.59 Å². The summed E-state index contributed by atoms with van der Waals surface area (Å²) in [5.74, 6) is 0. The van der Waals surface area contributed by atoms with Crippen molar-refractivity contribution in [3.63, 3.8) is 0 Å². The Kier molecular flexibility index (Phi) is 4.42. The quantitative estimate of drug-likeness (QED) is 0.265. The van der Waals surface area contributed by atoms with Gasteiger partial charge in [0.1, 0.15) is 11.2 Å². The highest BCUT2D eigenvalue weighted by Gasteiger charge is 2.14. The van der Waals surface area contributed by atoms with Crippen LogP contribution < -0.4 is 11.3 Å². The largest absolute Gasteiger partial charge is 0.423 e. The van der Waals surface area contributed by atoms with E-state index in [1.54, 1.807) is 36.4 Å². The second-order valence-corrected chi connectivity index (χ2v) is 8.28. The summed E-state index contributed by atoms with van der Waals surface area (Å²) in [6.07, 6.45) is 0. The topological polar surface area (TPSA) is 60.4 Å². The van der Waals surface area contributed by atoms with E-state index in [1.807, 2.05) is 48.5 Å². The van der Waals surface area contributed by atoms with E-state index in [-0.39, 0.29) is 0 Å². The van der Waals surface area contributed by atoms with Gasteiger partial charge >= 0.3 is 11.3 Å². The molecule has 5 heteroatoms. The van der Waals surface area contributed by atoms with E-state index in [0.717, 1.165) is 32.7 Å². The van der Waals surface area contributed by atoms with Gasteiger partial charge in [-0.25, -0.2) is 9.59 Å². The Labute approximate surface area is 192 Å². The van der Waals surface area contributed by atoms with Gasteiger partial charge in [0.05, 0.1) is 5.56 Å². The van der Waals surface area contributed by atoms with E-state index in [2.05, 4.69) is 0 Å². The minimum atomic E-state index is -0.451. The molecule has 0 fully saturated rings. The van der Waals surface area contributed by atoms with Crippen molar-refractivity contribution in [2.24, 2.45) is 0 Å². The fourth-order valence-corrected chi connectivity index (χ4v) is 4.49. The van der Waals surface area contributed by atoms with E-state index < -0.39 is 11.3 Å². The maximum Gasteiger partial charge on any atom is 0.344 e. The zero-order valence-electron chi connectivity index (χ0n) is 17.2. The van der Waals surface area contributed by atoms with Gasteiger partial charge in [0.25, 0.3) is 0 Å². The minimum absolute atomic E-state index is 0.404. The Hall–Kier alpha value is -4.15. The third kappa shape index (κ3) is 3.32. The fraction of sp³-hybridized carbons (Fsp3) is 0. The molecule has 158 valence electrons. The molecule has 2 aromatic heterocycles. The summed E-state index contributed by atoms with van der Waals surface area (Å²) in [5, 5.41) is 4.11. The molecule has 0 saturated heterocycles. The third-order valence-corrected chi connectivity index (χ3v) is 6.06. The highest BCUT2D eigenvalue weighted by molar-refractivity contribution is 6.31. The van der Waals surface area contributed by atoms with Gasteiger partial charge in [-0.05, 0) is 58.3 Å². The van der Waals surface area contributed by atoms with Crippen molar-refractivity contribution in [2.75, 3.05) is 0 Å². The maximum absolute atomic E-state index is 12.8. The van der Waals surface area contributed by atoms with Crippen molar-refractivity contribution in [1.29, 1.82) is 0 Å². The average molecular weight is 451 g/mol. The number of fused-ring (bicyclic) bond motifs is 3. The van der Waals surface area contributed by atoms with Gasteiger partial charge in [-0.15, -0.1) is 0 Å². The van der Waals surface area contributed by atoms with Crippen LogP contribution in [0, 0.1) is 0 Å².